The molecular formula is C22H24BrNO2. The molecular weight excluding hydrogens is 390 g/mol. The molecule has 3 aromatic rings. The van der Waals surface area contributed by atoms with Gasteiger partial charge in [-0.25, -0.2) is 0 Å². The third-order valence-corrected chi connectivity index (χ3v) is 5.27. The first-order valence-electron chi connectivity index (χ1n) is 8.73. The van der Waals surface area contributed by atoms with Crippen LogP contribution in [0, 0.1) is 13.8 Å². The first-order valence-corrected chi connectivity index (χ1v) is 9.53. The van der Waals surface area contributed by atoms with Gasteiger partial charge in [0.2, 0.25) is 0 Å². The summed E-state index contributed by atoms with van der Waals surface area (Å²) >= 11 is 3.71. The number of halogens is 1. The number of aromatic nitrogens is 1. The minimum absolute atomic E-state index is 0.603. The van der Waals surface area contributed by atoms with E-state index >= 15 is 0 Å². The van der Waals surface area contributed by atoms with Gasteiger partial charge in [0.15, 0.2) is 0 Å². The lowest BCUT2D eigenvalue weighted by Gasteiger charge is -2.16. The topological polar surface area (TPSA) is 23.4 Å². The number of methoxy groups -OCH3 is 1. The van der Waals surface area contributed by atoms with E-state index in [-0.39, 0.29) is 0 Å². The third-order valence-electron chi connectivity index (χ3n) is 4.53. The second-order valence-corrected chi connectivity index (χ2v) is 7.19. The lowest BCUT2D eigenvalue weighted by molar-refractivity contribution is 0.123. The van der Waals surface area contributed by atoms with Crippen LogP contribution in [0.5, 0.6) is 5.75 Å². The molecule has 0 saturated carbocycles. The Morgan fingerprint density at radius 2 is 1.62 bits per heavy atom. The quantitative estimate of drug-likeness (QED) is 0.468. The van der Waals surface area contributed by atoms with E-state index in [9.17, 15) is 0 Å². The van der Waals surface area contributed by atoms with Gasteiger partial charge in [-0.15, -0.1) is 0 Å². The summed E-state index contributed by atoms with van der Waals surface area (Å²) in [6.07, 6.45) is 0.851. The summed E-state index contributed by atoms with van der Waals surface area (Å²) in [5.74, 6) is 0.865. The highest BCUT2D eigenvalue weighted by Crippen LogP contribution is 2.27. The molecule has 1 heterocycles. The molecule has 1 aromatic heterocycles. The average molecular weight is 414 g/mol. The van der Waals surface area contributed by atoms with Crippen LogP contribution < -0.4 is 4.74 Å². The lowest BCUT2D eigenvalue weighted by atomic mass is 10.1. The van der Waals surface area contributed by atoms with Crippen molar-refractivity contribution in [3.63, 3.8) is 0 Å². The predicted octanol–water partition coefficient (Wildman–Crippen LogP) is 5.62. The van der Waals surface area contributed by atoms with E-state index in [1.165, 1.54) is 22.6 Å². The second-order valence-electron chi connectivity index (χ2n) is 6.34. The second kappa shape index (κ2) is 8.56. The smallest absolute Gasteiger partial charge is 0.118 e. The van der Waals surface area contributed by atoms with Crippen LogP contribution in [0.25, 0.3) is 5.69 Å². The maximum absolute atomic E-state index is 5.91. The van der Waals surface area contributed by atoms with E-state index in [2.05, 4.69) is 64.7 Å². The summed E-state index contributed by atoms with van der Waals surface area (Å²) in [5.41, 5.74) is 6.11. The molecule has 0 radical (unpaired) electrons. The summed E-state index contributed by atoms with van der Waals surface area (Å²) in [7, 11) is 1.68. The van der Waals surface area contributed by atoms with Gasteiger partial charge in [-0.3, -0.25) is 0 Å². The molecule has 0 aliphatic rings. The molecule has 0 N–H and O–H groups in total. The Labute approximate surface area is 163 Å². The van der Waals surface area contributed by atoms with Crippen LogP contribution in [-0.2, 0) is 17.8 Å². The fraction of sp³-hybridized carbons (Fsp3) is 0.273. The summed E-state index contributed by atoms with van der Waals surface area (Å²) in [6.45, 7) is 5.54. The van der Waals surface area contributed by atoms with Crippen molar-refractivity contribution in [1.29, 1.82) is 0 Å². The van der Waals surface area contributed by atoms with E-state index in [0.717, 1.165) is 22.2 Å². The highest BCUT2D eigenvalue weighted by molar-refractivity contribution is 9.10. The van der Waals surface area contributed by atoms with Gasteiger partial charge in [0.05, 0.1) is 20.3 Å². The van der Waals surface area contributed by atoms with Gasteiger partial charge in [0, 0.05) is 21.5 Å². The van der Waals surface area contributed by atoms with Crippen molar-refractivity contribution in [2.24, 2.45) is 0 Å². The molecule has 0 unspecified atom stereocenters. The standard InChI is InChI=1S/C22H24BrNO2/c1-16-7-8-17(2)24(16)22-6-4-5-21(23)20(22)13-14-26-15-18-9-11-19(25-3)12-10-18/h4-12H,13-15H2,1-3H3. The van der Waals surface area contributed by atoms with E-state index in [0.29, 0.717) is 13.2 Å². The van der Waals surface area contributed by atoms with E-state index < -0.39 is 0 Å². The predicted molar refractivity (Wildman–Crippen MR) is 109 cm³/mol. The Kier molecular flexibility index (Phi) is 6.17. The number of hydrogen-bond donors (Lipinski definition) is 0. The maximum atomic E-state index is 5.91. The van der Waals surface area contributed by atoms with Crippen molar-refractivity contribution in [2.45, 2.75) is 26.9 Å². The monoisotopic (exact) mass is 413 g/mol. The number of nitrogens with zero attached hydrogens (tertiary/aromatic N) is 1. The van der Waals surface area contributed by atoms with Crippen molar-refractivity contribution in [2.75, 3.05) is 13.7 Å². The summed E-state index contributed by atoms with van der Waals surface area (Å²) in [4.78, 5) is 0. The minimum Gasteiger partial charge on any atom is -0.497 e. The van der Waals surface area contributed by atoms with Gasteiger partial charge < -0.3 is 14.0 Å². The number of ether oxygens (including phenoxy) is 2. The van der Waals surface area contributed by atoms with Crippen molar-refractivity contribution in [1.82, 2.24) is 4.57 Å². The molecule has 0 spiro atoms. The van der Waals surface area contributed by atoms with Gasteiger partial charge in [-0.1, -0.05) is 34.1 Å². The number of rotatable bonds is 7. The van der Waals surface area contributed by atoms with Gasteiger partial charge in [-0.2, -0.15) is 0 Å². The fourth-order valence-corrected chi connectivity index (χ4v) is 3.69. The lowest BCUT2D eigenvalue weighted by Crippen LogP contribution is -2.07. The number of hydrogen-bond acceptors (Lipinski definition) is 2. The van der Waals surface area contributed by atoms with Crippen LogP contribution in [0.2, 0.25) is 0 Å². The molecule has 0 aliphatic carbocycles. The highest BCUT2D eigenvalue weighted by atomic mass is 79.9. The van der Waals surface area contributed by atoms with Crippen LogP contribution in [0.3, 0.4) is 0 Å². The first kappa shape index (κ1) is 18.7. The zero-order valence-electron chi connectivity index (χ0n) is 15.5. The van der Waals surface area contributed by atoms with Crippen LogP contribution in [0.15, 0.2) is 59.1 Å². The highest BCUT2D eigenvalue weighted by Gasteiger charge is 2.11. The average Bonchev–Trinajstić information content (AvgIpc) is 2.98. The fourth-order valence-electron chi connectivity index (χ4n) is 3.14. The van der Waals surface area contributed by atoms with Crippen molar-refractivity contribution in [3.8, 4) is 11.4 Å². The van der Waals surface area contributed by atoms with Gasteiger partial charge >= 0.3 is 0 Å². The number of aryl methyl sites for hydroxylation is 2. The van der Waals surface area contributed by atoms with Crippen molar-refractivity contribution >= 4 is 15.9 Å². The molecule has 26 heavy (non-hydrogen) atoms. The third kappa shape index (κ3) is 4.19. The Hall–Kier alpha value is -2.04. The number of benzene rings is 2. The summed E-state index contributed by atoms with van der Waals surface area (Å²) < 4.78 is 14.5. The molecule has 2 aromatic carbocycles. The Morgan fingerprint density at radius 3 is 2.27 bits per heavy atom. The zero-order chi connectivity index (χ0) is 18.5. The maximum Gasteiger partial charge on any atom is 0.118 e. The largest absolute Gasteiger partial charge is 0.497 e. The Balaban J connectivity index is 1.68. The van der Waals surface area contributed by atoms with Crippen molar-refractivity contribution in [3.05, 3.63) is 81.6 Å². The van der Waals surface area contributed by atoms with Crippen LogP contribution in [-0.4, -0.2) is 18.3 Å². The molecule has 3 nitrogen and oxygen atoms in total. The Bertz CT molecular complexity index is 849. The van der Waals surface area contributed by atoms with Gasteiger partial charge in [0.25, 0.3) is 0 Å². The molecule has 3 rings (SSSR count). The molecule has 4 heteroatoms. The molecule has 0 saturated heterocycles. The van der Waals surface area contributed by atoms with E-state index in [4.69, 9.17) is 9.47 Å². The van der Waals surface area contributed by atoms with E-state index in [1.807, 2.05) is 24.3 Å². The van der Waals surface area contributed by atoms with Gasteiger partial charge in [0.1, 0.15) is 5.75 Å². The van der Waals surface area contributed by atoms with E-state index in [1.54, 1.807) is 7.11 Å². The zero-order valence-corrected chi connectivity index (χ0v) is 17.0. The minimum atomic E-state index is 0.603. The normalized spacial score (nSPS) is 10.9. The molecule has 136 valence electrons. The summed E-state index contributed by atoms with van der Waals surface area (Å²) in [5, 5.41) is 0. The first-order chi connectivity index (χ1) is 12.6. The van der Waals surface area contributed by atoms with Crippen LogP contribution in [0.1, 0.15) is 22.5 Å². The Morgan fingerprint density at radius 1 is 0.923 bits per heavy atom. The molecule has 0 aliphatic heterocycles. The molecule has 0 atom stereocenters. The van der Waals surface area contributed by atoms with Crippen LogP contribution >= 0.6 is 15.9 Å². The summed E-state index contributed by atoms with van der Waals surface area (Å²) in [6, 6.07) is 18.6. The molecule has 0 fully saturated rings. The molecule has 0 bridgehead atoms. The molecule has 0 amide bonds. The SMILES string of the molecule is COc1ccc(COCCc2c(Br)cccc2-n2c(C)ccc2C)cc1. The van der Waals surface area contributed by atoms with Gasteiger partial charge in [-0.05, 0) is 67.8 Å². The van der Waals surface area contributed by atoms with Crippen LogP contribution in [0.4, 0.5) is 0 Å². The van der Waals surface area contributed by atoms with Crippen molar-refractivity contribution < 1.29 is 9.47 Å².